The summed E-state index contributed by atoms with van der Waals surface area (Å²) in [5.74, 6) is 0.876. The van der Waals surface area contributed by atoms with Crippen molar-refractivity contribution in [2.75, 3.05) is 18.4 Å². The van der Waals surface area contributed by atoms with E-state index in [1.807, 2.05) is 12.1 Å². The number of hydrogen-bond acceptors (Lipinski definition) is 1. The zero-order valence-electron chi connectivity index (χ0n) is 9.33. The SMILES string of the molecule is Clc1ccc(CN2CCC(CBr)CC2)cc1. The monoisotopic (exact) mass is 301 g/mol. The van der Waals surface area contributed by atoms with Gasteiger partial charge >= 0.3 is 0 Å². The number of benzene rings is 1. The van der Waals surface area contributed by atoms with E-state index in [-0.39, 0.29) is 0 Å². The fraction of sp³-hybridized carbons (Fsp3) is 0.538. The number of nitrogens with zero attached hydrogens (tertiary/aromatic N) is 1. The Morgan fingerprint density at radius 3 is 2.38 bits per heavy atom. The van der Waals surface area contributed by atoms with Gasteiger partial charge in [-0.3, -0.25) is 4.90 Å². The first-order valence-electron chi connectivity index (χ1n) is 5.80. The molecule has 1 fully saturated rings. The van der Waals surface area contributed by atoms with Crippen LogP contribution >= 0.6 is 27.5 Å². The van der Waals surface area contributed by atoms with Crippen LogP contribution in [0.15, 0.2) is 24.3 Å². The second-order valence-electron chi connectivity index (χ2n) is 4.50. The molecule has 3 heteroatoms. The van der Waals surface area contributed by atoms with Gasteiger partial charge in [0, 0.05) is 16.9 Å². The van der Waals surface area contributed by atoms with Gasteiger partial charge in [-0.25, -0.2) is 0 Å². The fourth-order valence-corrected chi connectivity index (χ4v) is 2.92. The Morgan fingerprint density at radius 2 is 1.81 bits per heavy atom. The molecule has 1 aromatic rings. The highest BCUT2D eigenvalue weighted by Crippen LogP contribution is 2.20. The smallest absolute Gasteiger partial charge is 0.0406 e. The summed E-state index contributed by atoms with van der Waals surface area (Å²) in [5.41, 5.74) is 1.36. The van der Waals surface area contributed by atoms with Gasteiger partial charge < -0.3 is 0 Å². The molecule has 0 unspecified atom stereocenters. The summed E-state index contributed by atoms with van der Waals surface area (Å²) >= 11 is 9.45. The molecule has 2 rings (SSSR count). The quantitative estimate of drug-likeness (QED) is 0.764. The third-order valence-electron chi connectivity index (χ3n) is 3.24. The minimum atomic E-state index is 0.821. The summed E-state index contributed by atoms with van der Waals surface area (Å²) in [7, 11) is 0. The molecule has 0 amide bonds. The van der Waals surface area contributed by atoms with E-state index < -0.39 is 0 Å². The van der Waals surface area contributed by atoms with Gasteiger partial charge in [-0.05, 0) is 49.5 Å². The van der Waals surface area contributed by atoms with Gasteiger partial charge in [0.2, 0.25) is 0 Å². The van der Waals surface area contributed by atoms with Crippen molar-refractivity contribution >= 4 is 27.5 Å². The van der Waals surface area contributed by atoms with E-state index in [9.17, 15) is 0 Å². The summed E-state index contributed by atoms with van der Waals surface area (Å²) in [4.78, 5) is 2.53. The molecule has 0 atom stereocenters. The first kappa shape index (κ1) is 12.4. The molecule has 1 aliphatic rings. The number of alkyl halides is 1. The van der Waals surface area contributed by atoms with Crippen molar-refractivity contribution in [1.29, 1.82) is 0 Å². The van der Waals surface area contributed by atoms with Crippen molar-refractivity contribution in [3.8, 4) is 0 Å². The molecule has 0 spiro atoms. The van der Waals surface area contributed by atoms with E-state index in [0.29, 0.717) is 0 Å². The average molecular weight is 303 g/mol. The lowest BCUT2D eigenvalue weighted by Gasteiger charge is -2.31. The standard InChI is InChI=1S/C13H17BrClN/c14-9-11-5-7-16(8-6-11)10-12-1-3-13(15)4-2-12/h1-4,11H,5-10H2. The molecule has 88 valence electrons. The van der Waals surface area contributed by atoms with Gasteiger partial charge in [-0.1, -0.05) is 39.7 Å². The van der Waals surface area contributed by atoms with Gasteiger partial charge in [0.05, 0.1) is 0 Å². The average Bonchev–Trinajstić information content (AvgIpc) is 2.33. The highest BCUT2D eigenvalue weighted by Gasteiger charge is 2.17. The molecular weight excluding hydrogens is 286 g/mol. The van der Waals surface area contributed by atoms with Crippen LogP contribution in [0.5, 0.6) is 0 Å². The molecule has 0 aromatic heterocycles. The zero-order chi connectivity index (χ0) is 11.4. The third-order valence-corrected chi connectivity index (χ3v) is 4.41. The molecule has 1 aliphatic heterocycles. The van der Waals surface area contributed by atoms with Crippen LogP contribution in [0.2, 0.25) is 5.02 Å². The molecule has 1 saturated heterocycles. The van der Waals surface area contributed by atoms with Crippen LogP contribution in [0.25, 0.3) is 0 Å². The summed E-state index contributed by atoms with van der Waals surface area (Å²) < 4.78 is 0. The van der Waals surface area contributed by atoms with Crippen LogP contribution in [-0.2, 0) is 6.54 Å². The molecule has 0 radical (unpaired) electrons. The van der Waals surface area contributed by atoms with Gasteiger partial charge in [0.25, 0.3) is 0 Å². The van der Waals surface area contributed by atoms with Gasteiger partial charge in [-0.2, -0.15) is 0 Å². The Hall–Kier alpha value is -0.0500. The summed E-state index contributed by atoms with van der Waals surface area (Å²) in [6.45, 7) is 3.50. The molecule has 0 N–H and O–H groups in total. The van der Waals surface area contributed by atoms with Crippen LogP contribution in [0, 0.1) is 5.92 Å². The summed E-state index contributed by atoms with van der Waals surface area (Å²) in [6.07, 6.45) is 2.64. The Labute approximate surface area is 111 Å². The fourth-order valence-electron chi connectivity index (χ4n) is 2.15. The first-order valence-corrected chi connectivity index (χ1v) is 7.30. The van der Waals surface area contributed by atoms with Crippen molar-refractivity contribution < 1.29 is 0 Å². The Bertz CT molecular complexity index is 317. The number of halogens is 2. The van der Waals surface area contributed by atoms with E-state index >= 15 is 0 Å². The minimum absolute atomic E-state index is 0.821. The maximum absolute atomic E-state index is 5.87. The minimum Gasteiger partial charge on any atom is -0.299 e. The number of piperidine rings is 1. The first-order chi connectivity index (χ1) is 7.78. The lowest BCUT2D eigenvalue weighted by Crippen LogP contribution is -2.33. The van der Waals surface area contributed by atoms with E-state index in [1.54, 1.807) is 0 Å². The normalized spacial score (nSPS) is 18.9. The molecule has 16 heavy (non-hydrogen) atoms. The number of rotatable bonds is 3. The van der Waals surface area contributed by atoms with E-state index in [1.165, 1.54) is 31.5 Å². The van der Waals surface area contributed by atoms with Crippen LogP contribution in [0.1, 0.15) is 18.4 Å². The Kier molecular flexibility index (Phi) is 4.68. The van der Waals surface area contributed by atoms with Crippen LogP contribution in [0.4, 0.5) is 0 Å². The van der Waals surface area contributed by atoms with E-state index in [2.05, 4.69) is 33.0 Å². The van der Waals surface area contributed by atoms with Gasteiger partial charge in [-0.15, -0.1) is 0 Å². The molecule has 1 heterocycles. The topological polar surface area (TPSA) is 3.24 Å². The van der Waals surface area contributed by atoms with Crippen molar-refractivity contribution in [3.63, 3.8) is 0 Å². The second kappa shape index (κ2) is 6.04. The summed E-state index contributed by atoms with van der Waals surface area (Å²) in [5, 5.41) is 1.98. The highest BCUT2D eigenvalue weighted by atomic mass is 79.9. The predicted molar refractivity (Wildman–Crippen MR) is 73.2 cm³/mol. The largest absolute Gasteiger partial charge is 0.299 e. The van der Waals surface area contributed by atoms with E-state index in [0.717, 1.165) is 22.8 Å². The Morgan fingerprint density at radius 1 is 1.19 bits per heavy atom. The van der Waals surface area contributed by atoms with Crippen LogP contribution in [0.3, 0.4) is 0 Å². The van der Waals surface area contributed by atoms with Crippen LogP contribution in [-0.4, -0.2) is 23.3 Å². The molecular formula is C13H17BrClN. The van der Waals surface area contributed by atoms with Crippen molar-refractivity contribution in [1.82, 2.24) is 4.90 Å². The zero-order valence-corrected chi connectivity index (χ0v) is 11.7. The van der Waals surface area contributed by atoms with Gasteiger partial charge in [0.1, 0.15) is 0 Å². The number of hydrogen-bond donors (Lipinski definition) is 0. The third kappa shape index (κ3) is 3.47. The van der Waals surface area contributed by atoms with E-state index in [4.69, 9.17) is 11.6 Å². The second-order valence-corrected chi connectivity index (χ2v) is 5.58. The maximum Gasteiger partial charge on any atom is 0.0406 e. The molecule has 0 saturated carbocycles. The lowest BCUT2D eigenvalue weighted by atomic mass is 9.99. The lowest BCUT2D eigenvalue weighted by molar-refractivity contribution is 0.187. The maximum atomic E-state index is 5.87. The highest BCUT2D eigenvalue weighted by molar-refractivity contribution is 9.09. The Balaban J connectivity index is 1.84. The summed E-state index contributed by atoms with van der Waals surface area (Å²) in [6, 6.07) is 8.20. The molecule has 1 nitrogen and oxygen atoms in total. The van der Waals surface area contributed by atoms with Crippen molar-refractivity contribution in [3.05, 3.63) is 34.9 Å². The van der Waals surface area contributed by atoms with Crippen molar-refractivity contribution in [2.45, 2.75) is 19.4 Å². The van der Waals surface area contributed by atoms with Crippen molar-refractivity contribution in [2.24, 2.45) is 5.92 Å². The molecule has 1 aromatic carbocycles. The molecule has 0 aliphatic carbocycles. The molecule has 0 bridgehead atoms. The van der Waals surface area contributed by atoms with Gasteiger partial charge in [0.15, 0.2) is 0 Å². The van der Waals surface area contributed by atoms with Crippen LogP contribution < -0.4 is 0 Å². The predicted octanol–water partition coefficient (Wildman–Crippen LogP) is 3.95. The number of likely N-dealkylation sites (tertiary alicyclic amines) is 1.